The van der Waals surface area contributed by atoms with Gasteiger partial charge in [-0.25, -0.2) is 4.99 Å². The van der Waals surface area contributed by atoms with Gasteiger partial charge in [-0.15, -0.1) is 0 Å². The van der Waals surface area contributed by atoms with Crippen LogP contribution < -0.4 is 22.1 Å². The van der Waals surface area contributed by atoms with Gasteiger partial charge in [-0.1, -0.05) is 0 Å². The molecule has 15 heavy (non-hydrogen) atoms. The van der Waals surface area contributed by atoms with Gasteiger partial charge in [0, 0.05) is 18.6 Å². The maximum Gasteiger partial charge on any atom is 0.208 e. The van der Waals surface area contributed by atoms with E-state index >= 15 is 0 Å². The lowest BCUT2D eigenvalue weighted by Gasteiger charge is -2.15. The first-order valence-electron chi connectivity index (χ1n) is 4.85. The zero-order valence-corrected chi connectivity index (χ0v) is 10.3. The van der Waals surface area contributed by atoms with Crippen LogP contribution in [-0.2, 0) is 5.41 Å². The molecule has 1 aromatic carbocycles. The van der Waals surface area contributed by atoms with Crippen LogP contribution in [0.5, 0.6) is 5.75 Å². The highest BCUT2D eigenvalue weighted by molar-refractivity contribution is 5.92. The fourth-order valence-corrected chi connectivity index (χ4v) is 1.84. The lowest BCUT2D eigenvalue weighted by Crippen LogP contribution is -3.00. The van der Waals surface area contributed by atoms with E-state index in [-0.39, 0.29) is 17.8 Å². The van der Waals surface area contributed by atoms with Crippen LogP contribution in [0.1, 0.15) is 26.3 Å². The van der Waals surface area contributed by atoms with Gasteiger partial charge in [0.2, 0.25) is 5.69 Å². The van der Waals surface area contributed by atoms with Gasteiger partial charge in [0.15, 0.2) is 5.71 Å². The van der Waals surface area contributed by atoms with E-state index in [4.69, 9.17) is 4.74 Å². The largest absolute Gasteiger partial charge is 1.00 e. The number of ether oxygens (including phenoxy) is 1. The van der Waals surface area contributed by atoms with Gasteiger partial charge in [0.1, 0.15) is 5.75 Å². The van der Waals surface area contributed by atoms with Gasteiger partial charge in [0.05, 0.1) is 12.5 Å². The first kappa shape index (κ1) is 12.1. The van der Waals surface area contributed by atoms with Gasteiger partial charge in [-0.2, -0.15) is 0 Å². The average molecular weight is 226 g/mol. The minimum absolute atomic E-state index is 0. The highest BCUT2D eigenvalue weighted by Crippen LogP contribution is 2.33. The van der Waals surface area contributed by atoms with Crippen molar-refractivity contribution in [1.29, 1.82) is 0 Å². The van der Waals surface area contributed by atoms with Gasteiger partial charge in [-0.05, 0) is 26.0 Å². The van der Waals surface area contributed by atoms with Crippen LogP contribution in [0.3, 0.4) is 0 Å². The minimum Gasteiger partial charge on any atom is -1.00 e. The monoisotopic (exact) mass is 225 g/mol. The Hall–Kier alpha value is -1.02. The van der Waals surface area contributed by atoms with Crippen molar-refractivity contribution in [3.05, 3.63) is 23.8 Å². The fourth-order valence-electron chi connectivity index (χ4n) is 1.84. The van der Waals surface area contributed by atoms with E-state index in [0.29, 0.717) is 0 Å². The number of halogens is 1. The summed E-state index contributed by atoms with van der Waals surface area (Å²) in [6.45, 7) is 6.58. The van der Waals surface area contributed by atoms with E-state index < -0.39 is 0 Å². The lowest BCUT2D eigenvalue weighted by atomic mass is 9.82. The standard InChI is InChI=1S/C12H15NO.ClH/c1-8-12(2,3)10-7-9(14-4)5-6-11(10)13-8;/h5-7H,1-4H3;1H. The molecule has 1 heterocycles. The third-order valence-electron chi connectivity index (χ3n) is 3.16. The number of nitrogens with one attached hydrogen (secondary N) is 1. The molecule has 82 valence electrons. The lowest BCUT2D eigenvalue weighted by molar-refractivity contribution is -0.351. The molecule has 0 atom stereocenters. The maximum absolute atomic E-state index is 5.23. The van der Waals surface area contributed by atoms with Crippen LogP contribution >= 0.6 is 0 Å². The molecule has 3 heteroatoms. The summed E-state index contributed by atoms with van der Waals surface area (Å²) in [6, 6.07) is 6.17. The predicted octanol–water partition coefficient (Wildman–Crippen LogP) is -1.84. The summed E-state index contributed by atoms with van der Waals surface area (Å²) in [4.78, 5) is 3.40. The number of hydrogen-bond donors (Lipinski definition) is 1. The first-order chi connectivity index (χ1) is 6.55. The second kappa shape index (κ2) is 3.86. The van der Waals surface area contributed by atoms with Crippen LogP contribution in [0.2, 0.25) is 0 Å². The molecular weight excluding hydrogens is 210 g/mol. The summed E-state index contributed by atoms with van der Waals surface area (Å²) < 4.78 is 5.23. The molecule has 0 unspecified atom stereocenters. The third-order valence-corrected chi connectivity index (χ3v) is 3.16. The molecule has 1 N–H and O–H groups in total. The molecule has 0 radical (unpaired) electrons. The molecule has 2 nitrogen and oxygen atoms in total. The van der Waals surface area contributed by atoms with E-state index in [1.807, 2.05) is 6.07 Å². The number of rotatable bonds is 1. The molecule has 0 bridgehead atoms. The zero-order valence-electron chi connectivity index (χ0n) is 9.52. The molecule has 2 rings (SSSR count). The van der Waals surface area contributed by atoms with E-state index in [9.17, 15) is 0 Å². The van der Waals surface area contributed by atoms with Crippen molar-refractivity contribution in [3.63, 3.8) is 0 Å². The van der Waals surface area contributed by atoms with Crippen LogP contribution in [0.4, 0.5) is 5.69 Å². The molecule has 0 saturated heterocycles. The van der Waals surface area contributed by atoms with E-state index in [1.54, 1.807) is 7.11 Å². The van der Waals surface area contributed by atoms with Gasteiger partial charge in [-0.3, -0.25) is 0 Å². The second-order valence-electron chi connectivity index (χ2n) is 4.29. The van der Waals surface area contributed by atoms with E-state index in [0.717, 1.165) is 5.75 Å². The van der Waals surface area contributed by atoms with Crippen LogP contribution in [0, 0.1) is 0 Å². The Morgan fingerprint density at radius 1 is 1.27 bits per heavy atom. The molecule has 0 amide bonds. The number of methoxy groups -OCH3 is 1. The van der Waals surface area contributed by atoms with Crippen LogP contribution in [0.15, 0.2) is 18.2 Å². The van der Waals surface area contributed by atoms with Crippen molar-refractivity contribution in [2.24, 2.45) is 0 Å². The van der Waals surface area contributed by atoms with Crippen LogP contribution in [-0.4, -0.2) is 12.8 Å². The van der Waals surface area contributed by atoms with Crippen molar-refractivity contribution in [2.75, 3.05) is 7.11 Å². The van der Waals surface area contributed by atoms with Gasteiger partial charge in [0.25, 0.3) is 0 Å². The molecule has 0 saturated carbocycles. The summed E-state index contributed by atoms with van der Waals surface area (Å²) in [6.07, 6.45) is 0. The zero-order chi connectivity index (χ0) is 10.3. The number of hydrogen-bond acceptors (Lipinski definition) is 1. The Bertz CT molecular complexity index is 410. The SMILES string of the molecule is COc1ccc2c(c1)C(C)(C)C(C)=[NH+]2.[Cl-]. The molecule has 0 aliphatic carbocycles. The molecular formula is C12H16ClNO. The average Bonchev–Trinajstić information content (AvgIpc) is 2.38. The molecule has 0 fully saturated rings. The smallest absolute Gasteiger partial charge is 0.208 e. The van der Waals surface area contributed by atoms with Crippen molar-refractivity contribution < 1.29 is 22.1 Å². The van der Waals surface area contributed by atoms with E-state index in [1.165, 1.54) is 17.0 Å². The normalized spacial score (nSPS) is 16.4. The number of fused-ring (bicyclic) bond motifs is 1. The number of benzene rings is 1. The summed E-state index contributed by atoms with van der Waals surface area (Å²) in [7, 11) is 1.70. The predicted molar refractivity (Wildman–Crippen MR) is 57.3 cm³/mol. The maximum atomic E-state index is 5.23. The highest BCUT2D eigenvalue weighted by atomic mass is 35.5. The third kappa shape index (κ3) is 1.74. The Kier molecular flexibility index (Phi) is 3.10. The van der Waals surface area contributed by atoms with Gasteiger partial charge >= 0.3 is 0 Å². The van der Waals surface area contributed by atoms with Crippen LogP contribution in [0.25, 0.3) is 0 Å². The summed E-state index contributed by atoms with van der Waals surface area (Å²) >= 11 is 0. The summed E-state index contributed by atoms with van der Waals surface area (Å²) in [5.74, 6) is 0.924. The Labute approximate surface area is 96.8 Å². The second-order valence-corrected chi connectivity index (χ2v) is 4.29. The van der Waals surface area contributed by atoms with Crippen molar-refractivity contribution in [1.82, 2.24) is 0 Å². The molecule has 0 spiro atoms. The van der Waals surface area contributed by atoms with Crippen molar-refractivity contribution >= 4 is 11.4 Å². The Morgan fingerprint density at radius 3 is 2.53 bits per heavy atom. The Balaban J connectivity index is 0.00000112. The Morgan fingerprint density at radius 2 is 1.93 bits per heavy atom. The van der Waals surface area contributed by atoms with Crippen molar-refractivity contribution in [2.45, 2.75) is 26.2 Å². The molecule has 1 aromatic rings. The topological polar surface area (TPSA) is 23.2 Å². The first-order valence-corrected chi connectivity index (χ1v) is 4.85. The van der Waals surface area contributed by atoms with E-state index in [2.05, 4.69) is 37.9 Å². The summed E-state index contributed by atoms with van der Waals surface area (Å²) in [5, 5.41) is 0. The minimum atomic E-state index is 0. The quantitative estimate of drug-likeness (QED) is 0.597. The fraction of sp³-hybridized carbons (Fsp3) is 0.417. The summed E-state index contributed by atoms with van der Waals surface area (Å²) in [5.41, 5.74) is 3.91. The highest BCUT2D eigenvalue weighted by Gasteiger charge is 2.38. The molecule has 1 aliphatic heterocycles. The molecule has 0 aromatic heterocycles. The molecule has 1 aliphatic rings. The van der Waals surface area contributed by atoms with Gasteiger partial charge < -0.3 is 17.1 Å². The van der Waals surface area contributed by atoms with Crippen molar-refractivity contribution in [3.8, 4) is 5.75 Å².